The Bertz CT molecular complexity index is 818. The summed E-state index contributed by atoms with van der Waals surface area (Å²) in [5.74, 6) is 0. The van der Waals surface area contributed by atoms with Gasteiger partial charge in [0.1, 0.15) is 6.07 Å². The van der Waals surface area contributed by atoms with Gasteiger partial charge in [0.25, 0.3) is 0 Å². The van der Waals surface area contributed by atoms with E-state index in [1.54, 1.807) is 18.3 Å². The van der Waals surface area contributed by atoms with E-state index < -0.39 is 0 Å². The maximum atomic E-state index is 8.98. The van der Waals surface area contributed by atoms with E-state index in [0.29, 0.717) is 11.3 Å². The summed E-state index contributed by atoms with van der Waals surface area (Å²) in [4.78, 5) is 4.28. The molecule has 0 aliphatic heterocycles. The molecule has 0 atom stereocenters. The van der Waals surface area contributed by atoms with Crippen LogP contribution in [0.1, 0.15) is 5.56 Å². The Labute approximate surface area is 116 Å². The predicted octanol–water partition coefficient (Wildman–Crippen LogP) is 3.43. The van der Waals surface area contributed by atoms with Crippen molar-refractivity contribution in [3.63, 3.8) is 0 Å². The minimum Gasteiger partial charge on any atom is -0.396 e. The summed E-state index contributed by atoms with van der Waals surface area (Å²) in [6.07, 6.45) is 1.77. The number of fused-ring (bicyclic) bond motifs is 1. The van der Waals surface area contributed by atoms with Gasteiger partial charge in [-0.25, -0.2) is 0 Å². The fraction of sp³-hybridized carbons (Fsp3) is 0. The van der Waals surface area contributed by atoms with Crippen molar-refractivity contribution in [2.24, 2.45) is 0 Å². The molecule has 0 bridgehead atoms. The molecule has 0 spiro atoms. The fourth-order valence-corrected chi connectivity index (χ4v) is 2.08. The van der Waals surface area contributed by atoms with Gasteiger partial charge in [-0.2, -0.15) is 5.26 Å². The Morgan fingerprint density at radius 1 is 1.10 bits per heavy atom. The normalized spacial score (nSPS) is 10.2. The van der Waals surface area contributed by atoms with Crippen molar-refractivity contribution in [2.75, 3.05) is 11.1 Å². The van der Waals surface area contributed by atoms with Crippen LogP contribution < -0.4 is 11.1 Å². The van der Waals surface area contributed by atoms with Crippen LogP contribution in [0.2, 0.25) is 0 Å². The van der Waals surface area contributed by atoms with Gasteiger partial charge in [0.05, 0.1) is 22.5 Å². The van der Waals surface area contributed by atoms with Crippen LogP contribution >= 0.6 is 0 Å². The number of nitrogens with two attached hydrogens (primary N) is 1. The molecule has 2 aromatic carbocycles. The molecule has 1 heterocycles. The second-order valence-electron chi connectivity index (χ2n) is 4.41. The fourth-order valence-electron chi connectivity index (χ4n) is 2.08. The summed E-state index contributed by atoms with van der Waals surface area (Å²) in [7, 11) is 0. The Kier molecular flexibility index (Phi) is 2.94. The molecule has 3 N–H and O–H groups in total. The van der Waals surface area contributed by atoms with Crippen LogP contribution in [0.25, 0.3) is 10.9 Å². The van der Waals surface area contributed by atoms with Crippen molar-refractivity contribution in [1.82, 2.24) is 4.98 Å². The van der Waals surface area contributed by atoms with Crippen LogP contribution in [0.4, 0.5) is 17.1 Å². The molecule has 0 aliphatic rings. The molecule has 3 aromatic rings. The van der Waals surface area contributed by atoms with E-state index >= 15 is 0 Å². The van der Waals surface area contributed by atoms with Crippen molar-refractivity contribution in [1.29, 1.82) is 5.26 Å². The summed E-state index contributed by atoms with van der Waals surface area (Å²) in [5, 5.41) is 13.3. The van der Waals surface area contributed by atoms with Crippen LogP contribution in [0, 0.1) is 11.3 Å². The first-order chi connectivity index (χ1) is 9.78. The highest BCUT2D eigenvalue weighted by Crippen LogP contribution is 2.27. The molecule has 20 heavy (non-hydrogen) atoms. The molecule has 0 amide bonds. The number of nitrogen functional groups attached to an aromatic ring is 1. The largest absolute Gasteiger partial charge is 0.396 e. The Morgan fingerprint density at radius 3 is 2.85 bits per heavy atom. The highest BCUT2D eigenvalue weighted by molar-refractivity contribution is 5.85. The van der Waals surface area contributed by atoms with Gasteiger partial charge in [-0.3, -0.25) is 4.98 Å². The smallest absolute Gasteiger partial charge is 0.101 e. The second-order valence-corrected chi connectivity index (χ2v) is 4.41. The van der Waals surface area contributed by atoms with E-state index in [-0.39, 0.29) is 0 Å². The summed E-state index contributed by atoms with van der Waals surface area (Å²) < 4.78 is 0. The third kappa shape index (κ3) is 2.13. The molecular weight excluding hydrogens is 248 g/mol. The first-order valence-corrected chi connectivity index (χ1v) is 6.18. The molecule has 3 rings (SSSR count). The van der Waals surface area contributed by atoms with Crippen molar-refractivity contribution < 1.29 is 0 Å². The molecule has 96 valence electrons. The van der Waals surface area contributed by atoms with E-state index in [0.717, 1.165) is 22.3 Å². The zero-order valence-corrected chi connectivity index (χ0v) is 10.7. The highest BCUT2D eigenvalue weighted by atomic mass is 14.9. The molecule has 0 aliphatic carbocycles. The number of hydrogen-bond acceptors (Lipinski definition) is 4. The Morgan fingerprint density at radius 2 is 2.00 bits per heavy atom. The number of pyridine rings is 1. The zero-order chi connectivity index (χ0) is 13.9. The second kappa shape index (κ2) is 4.90. The minimum absolute atomic E-state index is 0.460. The van der Waals surface area contributed by atoms with Crippen molar-refractivity contribution in [3.8, 4) is 6.07 Å². The number of nitrogens with one attached hydrogen (secondary N) is 1. The Balaban J connectivity index is 1.99. The van der Waals surface area contributed by atoms with Gasteiger partial charge in [-0.15, -0.1) is 0 Å². The summed E-state index contributed by atoms with van der Waals surface area (Å²) in [6.45, 7) is 0. The third-order valence-electron chi connectivity index (χ3n) is 3.11. The predicted molar refractivity (Wildman–Crippen MR) is 80.6 cm³/mol. The van der Waals surface area contributed by atoms with Gasteiger partial charge in [0.2, 0.25) is 0 Å². The van der Waals surface area contributed by atoms with E-state index in [1.807, 2.05) is 36.4 Å². The maximum absolute atomic E-state index is 8.98. The number of aromatic nitrogens is 1. The lowest BCUT2D eigenvalue weighted by atomic mass is 10.1. The van der Waals surface area contributed by atoms with Gasteiger partial charge in [-0.1, -0.05) is 12.1 Å². The van der Waals surface area contributed by atoms with Crippen molar-refractivity contribution >= 4 is 28.0 Å². The first-order valence-electron chi connectivity index (χ1n) is 6.18. The first kappa shape index (κ1) is 12.0. The lowest BCUT2D eigenvalue weighted by molar-refractivity contribution is 1.41. The number of hydrogen-bond donors (Lipinski definition) is 2. The SMILES string of the molecule is N#Cc1cccc(Nc2ccc3ncccc3c2)c1N. The molecule has 1 aromatic heterocycles. The molecule has 4 heteroatoms. The lowest BCUT2D eigenvalue weighted by Crippen LogP contribution is -1.98. The average Bonchev–Trinajstić information content (AvgIpc) is 2.49. The van der Waals surface area contributed by atoms with E-state index in [9.17, 15) is 0 Å². The lowest BCUT2D eigenvalue weighted by Gasteiger charge is -2.10. The quantitative estimate of drug-likeness (QED) is 0.692. The van der Waals surface area contributed by atoms with Gasteiger partial charge in [-0.05, 0) is 36.4 Å². The molecule has 0 unspecified atom stereocenters. The number of benzene rings is 2. The summed E-state index contributed by atoms with van der Waals surface area (Å²) >= 11 is 0. The Hall–Kier alpha value is -3.06. The minimum atomic E-state index is 0.460. The monoisotopic (exact) mass is 260 g/mol. The molecule has 4 nitrogen and oxygen atoms in total. The van der Waals surface area contributed by atoms with E-state index in [2.05, 4.69) is 16.4 Å². The number of rotatable bonds is 2. The zero-order valence-electron chi connectivity index (χ0n) is 10.7. The van der Waals surface area contributed by atoms with Gasteiger partial charge in [0.15, 0.2) is 0 Å². The van der Waals surface area contributed by atoms with Crippen molar-refractivity contribution in [2.45, 2.75) is 0 Å². The van der Waals surface area contributed by atoms with Gasteiger partial charge in [0, 0.05) is 17.3 Å². The molecular formula is C16H12N4. The molecule has 0 radical (unpaired) electrons. The van der Waals surface area contributed by atoms with Crippen LogP contribution in [-0.4, -0.2) is 4.98 Å². The maximum Gasteiger partial charge on any atom is 0.101 e. The molecule has 0 saturated heterocycles. The van der Waals surface area contributed by atoms with Gasteiger partial charge < -0.3 is 11.1 Å². The summed E-state index contributed by atoms with van der Waals surface area (Å²) in [5.41, 5.74) is 9.47. The number of para-hydroxylation sites is 1. The molecule has 0 saturated carbocycles. The highest BCUT2D eigenvalue weighted by Gasteiger charge is 2.05. The third-order valence-corrected chi connectivity index (χ3v) is 3.11. The van der Waals surface area contributed by atoms with E-state index in [1.165, 1.54) is 0 Å². The van der Waals surface area contributed by atoms with Crippen LogP contribution in [0.3, 0.4) is 0 Å². The average molecular weight is 260 g/mol. The summed E-state index contributed by atoms with van der Waals surface area (Å²) in [6, 6.07) is 17.2. The van der Waals surface area contributed by atoms with Crippen LogP contribution in [-0.2, 0) is 0 Å². The van der Waals surface area contributed by atoms with Crippen molar-refractivity contribution in [3.05, 3.63) is 60.3 Å². The topological polar surface area (TPSA) is 74.7 Å². The van der Waals surface area contributed by atoms with Crippen LogP contribution in [0.15, 0.2) is 54.7 Å². The van der Waals surface area contributed by atoms with E-state index in [4.69, 9.17) is 11.0 Å². The van der Waals surface area contributed by atoms with Crippen LogP contribution in [0.5, 0.6) is 0 Å². The number of nitrogens with zero attached hydrogens (tertiary/aromatic N) is 2. The number of nitriles is 1. The molecule has 0 fully saturated rings. The standard InChI is InChI=1S/C16H12N4/c17-10-12-3-1-5-15(16(12)18)20-13-6-7-14-11(9-13)4-2-8-19-14/h1-9,20H,18H2. The number of anilines is 3. The van der Waals surface area contributed by atoms with Gasteiger partial charge >= 0.3 is 0 Å².